The molecular formula is C18H25N3. The van der Waals surface area contributed by atoms with Gasteiger partial charge in [-0.05, 0) is 30.7 Å². The maximum absolute atomic E-state index is 6.45. The van der Waals surface area contributed by atoms with Crippen molar-refractivity contribution in [1.29, 1.82) is 0 Å². The first-order valence-corrected chi connectivity index (χ1v) is 8.05. The summed E-state index contributed by atoms with van der Waals surface area (Å²) in [5.74, 6) is 0.810. The average molecular weight is 283 g/mol. The van der Waals surface area contributed by atoms with Gasteiger partial charge in [-0.15, -0.1) is 0 Å². The highest BCUT2D eigenvalue weighted by molar-refractivity contribution is 5.19. The number of benzene rings is 1. The summed E-state index contributed by atoms with van der Waals surface area (Å²) in [7, 11) is 0. The smallest absolute Gasteiger partial charge is 0.0951 e. The van der Waals surface area contributed by atoms with Gasteiger partial charge in [0.05, 0.1) is 18.1 Å². The monoisotopic (exact) mass is 283 g/mol. The summed E-state index contributed by atoms with van der Waals surface area (Å²) in [4.78, 5) is 4.37. The van der Waals surface area contributed by atoms with Crippen LogP contribution in [-0.2, 0) is 6.42 Å². The normalized spacial score (nSPS) is 23.9. The van der Waals surface area contributed by atoms with E-state index in [0.29, 0.717) is 6.04 Å². The van der Waals surface area contributed by atoms with Crippen molar-refractivity contribution in [2.75, 3.05) is 0 Å². The number of nitrogens with two attached hydrogens (primary N) is 1. The zero-order valence-corrected chi connectivity index (χ0v) is 12.8. The number of imidazole rings is 1. The van der Waals surface area contributed by atoms with Crippen LogP contribution in [0.15, 0.2) is 42.9 Å². The Kier molecular flexibility index (Phi) is 4.39. The summed E-state index contributed by atoms with van der Waals surface area (Å²) in [6.07, 6.45) is 9.98. The minimum absolute atomic E-state index is 0.0205. The van der Waals surface area contributed by atoms with Crippen molar-refractivity contribution in [2.45, 2.75) is 51.1 Å². The minimum Gasteiger partial charge on any atom is -0.330 e. The van der Waals surface area contributed by atoms with Crippen LogP contribution in [0.1, 0.15) is 55.9 Å². The van der Waals surface area contributed by atoms with Gasteiger partial charge in [0.2, 0.25) is 0 Å². The van der Waals surface area contributed by atoms with Crippen molar-refractivity contribution in [3.63, 3.8) is 0 Å². The van der Waals surface area contributed by atoms with Crippen LogP contribution >= 0.6 is 0 Å². The van der Waals surface area contributed by atoms with Crippen LogP contribution in [-0.4, -0.2) is 9.55 Å². The highest BCUT2D eigenvalue weighted by atomic mass is 15.1. The fourth-order valence-corrected chi connectivity index (χ4v) is 3.53. The van der Waals surface area contributed by atoms with E-state index < -0.39 is 0 Å². The molecule has 3 rings (SSSR count). The predicted octanol–water partition coefficient (Wildman–Crippen LogP) is 3.88. The van der Waals surface area contributed by atoms with E-state index in [9.17, 15) is 0 Å². The molecule has 2 unspecified atom stereocenters. The Morgan fingerprint density at radius 2 is 2.10 bits per heavy atom. The predicted molar refractivity (Wildman–Crippen MR) is 86.0 cm³/mol. The van der Waals surface area contributed by atoms with Gasteiger partial charge in [0, 0.05) is 12.2 Å². The maximum atomic E-state index is 6.45. The van der Waals surface area contributed by atoms with E-state index in [1.165, 1.54) is 36.9 Å². The standard InChI is InChI=1S/C18H25N3/c1-14-6-5-9-16(10-14)21-13-20-12-18(21)17(19)11-15-7-3-2-4-8-15/h2-4,7-8,12-14,16-17H,5-6,9-11,19H2,1H3/t14?,16?,17-/m1/s1. The van der Waals surface area contributed by atoms with Crippen LogP contribution in [0.4, 0.5) is 0 Å². The molecule has 0 amide bonds. The van der Waals surface area contributed by atoms with Crippen LogP contribution in [0.5, 0.6) is 0 Å². The lowest BCUT2D eigenvalue weighted by molar-refractivity contribution is 0.276. The molecule has 1 heterocycles. The molecule has 1 saturated carbocycles. The molecule has 0 bridgehead atoms. The number of nitrogens with zero attached hydrogens (tertiary/aromatic N) is 2. The van der Waals surface area contributed by atoms with Crippen molar-refractivity contribution in [3.05, 3.63) is 54.1 Å². The fourth-order valence-electron chi connectivity index (χ4n) is 3.53. The van der Waals surface area contributed by atoms with E-state index >= 15 is 0 Å². The third-order valence-electron chi connectivity index (χ3n) is 4.68. The largest absolute Gasteiger partial charge is 0.330 e. The van der Waals surface area contributed by atoms with E-state index in [4.69, 9.17) is 5.73 Å². The Bertz CT molecular complexity index is 561. The second-order valence-electron chi connectivity index (χ2n) is 6.45. The molecule has 0 radical (unpaired) electrons. The molecule has 1 aliphatic rings. The molecule has 1 fully saturated rings. The summed E-state index contributed by atoms with van der Waals surface area (Å²) in [5, 5.41) is 0. The van der Waals surface area contributed by atoms with Crippen LogP contribution in [0.3, 0.4) is 0 Å². The molecule has 0 spiro atoms. The molecule has 1 aromatic heterocycles. The van der Waals surface area contributed by atoms with Gasteiger partial charge >= 0.3 is 0 Å². The lowest BCUT2D eigenvalue weighted by Gasteiger charge is -2.30. The van der Waals surface area contributed by atoms with Crippen LogP contribution in [0.25, 0.3) is 0 Å². The van der Waals surface area contributed by atoms with Crippen molar-refractivity contribution in [1.82, 2.24) is 9.55 Å². The molecule has 1 aromatic carbocycles. The molecule has 112 valence electrons. The van der Waals surface area contributed by atoms with Crippen LogP contribution in [0.2, 0.25) is 0 Å². The van der Waals surface area contributed by atoms with Gasteiger partial charge in [0.15, 0.2) is 0 Å². The lowest BCUT2D eigenvalue weighted by Crippen LogP contribution is -2.23. The molecule has 0 aliphatic heterocycles. The number of hydrogen-bond donors (Lipinski definition) is 1. The van der Waals surface area contributed by atoms with Crippen molar-refractivity contribution in [2.24, 2.45) is 11.7 Å². The quantitative estimate of drug-likeness (QED) is 0.925. The van der Waals surface area contributed by atoms with Gasteiger partial charge in [-0.25, -0.2) is 4.98 Å². The maximum Gasteiger partial charge on any atom is 0.0951 e. The first-order valence-electron chi connectivity index (χ1n) is 8.05. The first-order chi connectivity index (χ1) is 10.2. The van der Waals surface area contributed by atoms with E-state index in [2.05, 4.69) is 40.7 Å². The zero-order valence-electron chi connectivity index (χ0n) is 12.8. The summed E-state index contributed by atoms with van der Waals surface area (Å²) in [6.45, 7) is 2.35. The molecule has 0 saturated heterocycles. The van der Waals surface area contributed by atoms with E-state index in [1.807, 2.05) is 18.6 Å². The van der Waals surface area contributed by atoms with Crippen LogP contribution in [0, 0.1) is 5.92 Å². The Balaban J connectivity index is 1.75. The van der Waals surface area contributed by atoms with Crippen LogP contribution < -0.4 is 5.73 Å². The van der Waals surface area contributed by atoms with Crippen molar-refractivity contribution < 1.29 is 0 Å². The van der Waals surface area contributed by atoms with Gasteiger partial charge in [-0.1, -0.05) is 50.1 Å². The number of hydrogen-bond acceptors (Lipinski definition) is 2. The summed E-state index contributed by atoms with van der Waals surface area (Å²) in [5.41, 5.74) is 8.92. The van der Waals surface area contributed by atoms with Gasteiger partial charge < -0.3 is 10.3 Å². The first kappa shape index (κ1) is 14.3. The molecule has 3 heteroatoms. The average Bonchev–Trinajstić information content (AvgIpc) is 2.98. The minimum atomic E-state index is 0.0205. The molecule has 2 aromatic rings. The Hall–Kier alpha value is -1.61. The highest BCUT2D eigenvalue weighted by Crippen LogP contribution is 2.34. The second kappa shape index (κ2) is 6.44. The Morgan fingerprint density at radius 1 is 1.29 bits per heavy atom. The lowest BCUT2D eigenvalue weighted by atomic mass is 9.86. The van der Waals surface area contributed by atoms with E-state index in [-0.39, 0.29) is 6.04 Å². The molecule has 21 heavy (non-hydrogen) atoms. The number of aromatic nitrogens is 2. The van der Waals surface area contributed by atoms with Gasteiger partial charge in [0.25, 0.3) is 0 Å². The third kappa shape index (κ3) is 3.35. The molecule has 1 aliphatic carbocycles. The Morgan fingerprint density at radius 3 is 2.86 bits per heavy atom. The second-order valence-corrected chi connectivity index (χ2v) is 6.45. The SMILES string of the molecule is CC1CCCC(n2cncc2[C@H](N)Cc2ccccc2)C1. The summed E-state index contributed by atoms with van der Waals surface area (Å²) < 4.78 is 2.34. The van der Waals surface area contributed by atoms with Crippen molar-refractivity contribution >= 4 is 0 Å². The van der Waals surface area contributed by atoms with Crippen molar-refractivity contribution in [3.8, 4) is 0 Å². The van der Waals surface area contributed by atoms with Gasteiger partial charge in [-0.2, -0.15) is 0 Å². The molecule has 3 nitrogen and oxygen atoms in total. The van der Waals surface area contributed by atoms with E-state index in [1.54, 1.807) is 0 Å². The molecule has 2 N–H and O–H groups in total. The van der Waals surface area contributed by atoms with E-state index in [0.717, 1.165) is 12.3 Å². The van der Waals surface area contributed by atoms with Gasteiger partial charge in [0.1, 0.15) is 0 Å². The topological polar surface area (TPSA) is 43.8 Å². The van der Waals surface area contributed by atoms with Gasteiger partial charge in [-0.3, -0.25) is 0 Å². The summed E-state index contributed by atoms with van der Waals surface area (Å²) >= 11 is 0. The molecular weight excluding hydrogens is 258 g/mol. The molecule has 3 atom stereocenters. The number of rotatable bonds is 4. The Labute approximate surface area is 127 Å². The fraction of sp³-hybridized carbons (Fsp3) is 0.500. The zero-order chi connectivity index (χ0) is 14.7. The third-order valence-corrected chi connectivity index (χ3v) is 4.68. The highest BCUT2D eigenvalue weighted by Gasteiger charge is 2.23. The summed E-state index contributed by atoms with van der Waals surface area (Å²) in [6, 6.07) is 11.1.